The zero-order valence-electron chi connectivity index (χ0n) is 11.1. The van der Waals surface area contributed by atoms with Crippen LogP contribution in [0.25, 0.3) is 11.4 Å². The smallest absolute Gasteiger partial charge is 0.231 e. The average molecular weight is 266 g/mol. The Morgan fingerprint density at radius 3 is 2.40 bits per heavy atom. The Morgan fingerprint density at radius 2 is 1.70 bits per heavy atom. The van der Waals surface area contributed by atoms with Crippen LogP contribution < -0.4 is 0 Å². The summed E-state index contributed by atoms with van der Waals surface area (Å²) >= 11 is 0. The molecule has 0 unspecified atom stereocenters. The van der Waals surface area contributed by atoms with E-state index in [-0.39, 0.29) is 5.75 Å². The molecule has 2 aromatic carbocycles. The third kappa shape index (κ3) is 2.69. The Morgan fingerprint density at radius 1 is 1.00 bits per heavy atom. The van der Waals surface area contributed by atoms with Crippen LogP contribution in [0.1, 0.15) is 17.0 Å². The lowest BCUT2D eigenvalue weighted by Crippen LogP contribution is -1.88. The number of phenolic OH excluding ortho intramolecular Hbond substituents is 1. The lowest BCUT2D eigenvalue weighted by molar-refractivity contribution is 0.385. The second-order valence-electron chi connectivity index (χ2n) is 4.72. The molecule has 0 aliphatic carbocycles. The van der Waals surface area contributed by atoms with Gasteiger partial charge in [-0.1, -0.05) is 47.1 Å². The normalized spacial score (nSPS) is 10.7. The number of nitrogens with zero attached hydrogens (tertiary/aromatic N) is 2. The van der Waals surface area contributed by atoms with E-state index in [2.05, 4.69) is 10.1 Å². The standard InChI is InChI=1S/C16H14N2O2/c1-11-2-6-13(7-3-11)16-17-15(20-18-16)10-12-4-8-14(19)9-5-12/h2-9,19H,10H2,1H3. The number of hydrogen-bond acceptors (Lipinski definition) is 4. The van der Waals surface area contributed by atoms with E-state index >= 15 is 0 Å². The monoisotopic (exact) mass is 266 g/mol. The van der Waals surface area contributed by atoms with Crippen molar-refractivity contribution in [1.29, 1.82) is 0 Å². The summed E-state index contributed by atoms with van der Waals surface area (Å²) in [7, 11) is 0. The topological polar surface area (TPSA) is 59.2 Å². The summed E-state index contributed by atoms with van der Waals surface area (Å²) in [6.45, 7) is 2.04. The molecule has 0 saturated carbocycles. The van der Waals surface area contributed by atoms with Gasteiger partial charge in [-0.3, -0.25) is 0 Å². The number of benzene rings is 2. The summed E-state index contributed by atoms with van der Waals surface area (Å²) in [5.74, 6) is 1.41. The highest BCUT2D eigenvalue weighted by Gasteiger charge is 2.09. The SMILES string of the molecule is Cc1ccc(-c2noc(Cc3ccc(O)cc3)n2)cc1. The summed E-state index contributed by atoms with van der Waals surface area (Å²) in [5.41, 5.74) is 3.15. The maximum atomic E-state index is 9.25. The van der Waals surface area contributed by atoms with Crippen LogP contribution in [0.5, 0.6) is 5.75 Å². The van der Waals surface area contributed by atoms with Crippen LogP contribution in [0.4, 0.5) is 0 Å². The largest absolute Gasteiger partial charge is 0.508 e. The number of hydrogen-bond donors (Lipinski definition) is 1. The number of aromatic nitrogens is 2. The van der Waals surface area contributed by atoms with Crippen molar-refractivity contribution < 1.29 is 9.63 Å². The van der Waals surface area contributed by atoms with Crippen molar-refractivity contribution in [3.63, 3.8) is 0 Å². The van der Waals surface area contributed by atoms with E-state index in [1.807, 2.05) is 43.3 Å². The lowest BCUT2D eigenvalue weighted by atomic mass is 10.1. The van der Waals surface area contributed by atoms with Gasteiger partial charge in [0.05, 0.1) is 6.42 Å². The second-order valence-corrected chi connectivity index (χ2v) is 4.72. The number of phenols is 1. The maximum Gasteiger partial charge on any atom is 0.231 e. The molecule has 0 bridgehead atoms. The summed E-state index contributed by atoms with van der Waals surface area (Å²) in [6.07, 6.45) is 0.555. The van der Waals surface area contributed by atoms with Crippen LogP contribution >= 0.6 is 0 Å². The van der Waals surface area contributed by atoms with E-state index in [1.54, 1.807) is 12.1 Å². The molecule has 0 radical (unpaired) electrons. The molecule has 1 aromatic heterocycles. The first kappa shape index (κ1) is 12.4. The van der Waals surface area contributed by atoms with Crippen molar-refractivity contribution in [2.45, 2.75) is 13.3 Å². The Bertz CT molecular complexity index is 700. The molecule has 0 saturated heterocycles. The molecule has 0 aliphatic heterocycles. The van der Waals surface area contributed by atoms with Crippen molar-refractivity contribution in [3.8, 4) is 17.1 Å². The molecule has 1 heterocycles. The molecule has 0 amide bonds. The molecule has 3 rings (SSSR count). The summed E-state index contributed by atoms with van der Waals surface area (Å²) in [4.78, 5) is 4.39. The zero-order chi connectivity index (χ0) is 13.9. The maximum absolute atomic E-state index is 9.25. The molecule has 4 nitrogen and oxygen atoms in total. The van der Waals surface area contributed by atoms with Gasteiger partial charge in [0.25, 0.3) is 0 Å². The number of rotatable bonds is 3. The fourth-order valence-corrected chi connectivity index (χ4v) is 1.93. The number of aryl methyl sites for hydroxylation is 1. The fraction of sp³-hybridized carbons (Fsp3) is 0.125. The summed E-state index contributed by atoms with van der Waals surface area (Å²) in [5, 5.41) is 13.2. The van der Waals surface area contributed by atoms with E-state index in [0.717, 1.165) is 11.1 Å². The predicted molar refractivity (Wildman–Crippen MR) is 75.4 cm³/mol. The van der Waals surface area contributed by atoms with Crippen LogP contribution in [0, 0.1) is 6.92 Å². The zero-order valence-corrected chi connectivity index (χ0v) is 11.1. The van der Waals surface area contributed by atoms with Crippen LogP contribution in [-0.2, 0) is 6.42 Å². The van der Waals surface area contributed by atoms with E-state index < -0.39 is 0 Å². The minimum atomic E-state index is 0.250. The van der Waals surface area contributed by atoms with Gasteiger partial charge >= 0.3 is 0 Å². The van der Waals surface area contributed by atoms with Gasteiger partial charge in [0.1, 0.15) is 5.75 Å². The molecule has 0 aliphatic rings. The summed E-state index contributed by atoms with van der Waals surface area (Å²) in [6, 6.07) is 15.0. The van der Waals surface area contributed by atoms with E-state index in [0.29, 0.717) is 18.1 Å². The number of aromatic hydroxyl groups is 1. The van der Waals surface area contributed by atoms with Gasteiger partial charge in [0.2, 0.25) is 11.7 Å². The van der Waals surface area contributed by atoms with Crippen molar-refractivity contribution in [2.75, 3.05) is 0 Å². The van der Waals surface area contributed by atoms with Crippen LogP contribution in [0.2, 0.25) is 0 Å². The molecule has 100 valence electrons. The van der Waals surface area contributed by atoms with Crippen LogP contribution in [0.15, 0.2) is 53.1 Å². The first-order valence-electron chi connectivity index (χ1n) is 6.38. The average Bonchev–Trinajstić information content (AvgIpc) is 2.91. The molecule has 0 spiro atoms. The highest BCUT2D eigenvalue weighted by molar-refractivity contribution is 5.54. The molecule has 0 fully saturated rings. The first-order valence-corrected chi connectivity index (χ1v) is 6.38. The predicted octanol–water partition coefficient (Wildman–Crippen LogP) is 3.34. The van der Waals surface area contributed by atoms with Crippen molar-refractivity contribution in [2.24, 2.45) is 0 Å². The molecular weight excluding hydrogens is 252 g/mol. The minimum Gasteiger partial charge on any atom is -0.508 e. The van der Waals surface area contributed by atoms with Gasteiger partial charge in [0, 0.05) is 5.56 Å². The van der Waals surface area contributed by atoms with Crippen molar-refractivity contribution >= 4 is 0 Å². The molecule has 20 heavy (non-hydrogen) atoms. The van der Waals surface area contributed by atoms with Gasteiger partial charge in [-0.25, -0.2) is 0 Å². The Kier molecular flexibility index (Phi) is 3.21. The van der Waals surface area contributed by atoms with Crippen LogP contribution in [-0.4, -0.2) is 15.2 Å². The third-order valence-corrected chi connectivity index (χ3v) is 3.07. The van der Waals surface area contributed by atoms with Gasteiger partial charge in [-0.15, -0.1) is 0 Å². The molecule has 1 N–H and O–H groups in total. The van der Waals surface area contributed by atoms with Gasteiger partial charge in [-0.2, -0.15) is 4.98 Å². The van der Waals surface area contributed by atoms with Gasteiger partial charge in [-0.05, 0) is 24.6 Å². The fourth-order valence-electron chi connectivity index (χ4n) is 1.93. The highest BCUT2D eigenvalue weighted by Crippen LogP contribution is 2.18. The molecule has 3 aromatic rings. The lowest BCUT2D eigenvalue weighted by Gasteiger charge is -1.96. The molecule has 0 atom stereocenters. The van der Waals surface area contributed by atoms with Gasteiger partial charge in [0.15, 0.2) is 0 Å². The first-order chi connectivity index (χ1) is 9.70. The second kappa shape index (κ2) is 5.17. The van der Waals surface area contributed by atoms with Gasteiger partial charge < -0.3 is 9.63 Å². The Balaban J connectivity index is 1.80. The van der Waals surface area contributed by atoms with E-state index in [4.69, 9.17) is 4.52 Å². The van der Waals surface area contributed by atoms with Crippen LogP contribution in [0.3, 0.4) is 0 Å². The highest BCUT2D eigenvalue weighted by atomic mass is 16.5. The quantitative estimate of drug-likeness (QED) is 0.789. The third-order valence-electron chi connectivity index (χ3n) is 3.07. The molecule has 4 heteroatoms. The molecular formula is C16H14N2O2. The van der Waals surface area contributed by atoms with E-state index in [1.165, 1.54) is 5.56 Å². The van der Waals surface area contributed by atoms with Crippen molar-refractivity contribution in [1.82, 2.24) is 10.1 Å². The van der Waals surface area contributed by atoms with E-state index in [9.17, 15) is 5.11 Å². The Hall–Kier alpha value is -2.62. The Labute approximate surface area is 116 Å². The summed E-state index contributed by atoms with van der Waals surface area (Å²) < 4.78 is 5.26. The minimum absolute atomic E-state index is 0.250. The van der Waals surface area contributed by atoms with Crippen molar-refractivity contribution in [3.05, 3.63) is 65.5 Å².